The molecule has 148 valence electrons. The van der Waals surface area contributed by atoms with E-state index in [1.807, 2.05) is 12.1 Å². The number of carbonyl (C=O) groups excluding carboxylic acids is 1. The topological polar surface area (TPSA) is 67.6 Å². The molecule has 0 aromatic heterocycles. The van der Waals surface area contributed by atoms with Crippen LogP contribution in [-0.2, 0) is 17.8 Å². The molecule has 5 nitrogen and oxygen atoms in total. The van der Waals surface area contributed by atoms with Crippen LogP contribution in [-0.4, -0.2) is 36.6 Å². The Hall–Kier alpha value is -1.79. The number of rotatable bonds is 5. The van der Waals surface area contributed by atoms with E-state index in [1.54, 1.807) is 24.3 Å². The lowest BCUT2D eigenvalue weighted by molar-refractivity contribution is -0.0212. The monoisotopic (exact) mass is 411 g/mol. The number of ether oxygens (including phenoxy) is 1. The summed E-state index contributed by atoms with van der Waals surface area (Å²) in [7, 11) is 0. The summed E-state index contributed by atoms with van der Waals surface area (Å²) in [5, 5.41) is 2.95. The van der Waals surface area contributed by atoms with Gasteiger partial charge in [0.15, 0.2) is 0 Å². The summed E-state index contributed by atoms with van der Waals surface area (Å²) in [6.45, 7) is 6.22. The van der Waals surface area contributed by atoms with Crippen molar-refractivity contribution >= 4 is 36.4 Å². The number of halogens is 2. The first-order chi connectivity index (χ1) is 12.1. The standard InChI is InChI=1S/C20H25N3O2.2ClH/c1-15-13-23(8-9-25-15)14-17-5-2-4-16(10-17)12-22-20(24)18-6-3-7-19(21)11-18;;/h2-7,10-11,15H,8-9,12-14,21H2,1H3,(H,22,24);2*1H. The average molecular weight is 412 g/mol. The average Bonchev–Trinajstić information content (AvgIpc) is 2.60. The fourth-order valence-corrected chi connectivity index (χ4v) is 3.09. The quantitative estimate of drug-likeness (QED) is 0.740. The Morgan fingerprint density at radius 1 is 1.19 bits per heavy atom. The molecule has 1 heterocycles. The van der Waals surface area contributed by atoms with Gasteiger partial charge in [0.2, 0.25) is 0 Å². The summed E-state index contributed by atoms with van der Waals surface area (Å²) in [5.41, 5.74) is 9.25. The number of hydrogen-bond donors (Lipinski definition) is 2. The Kier molecular flexibility index (Phi) is 9.60. The molecule has 3 rings (SSSR count). The lowest BCUT2D eigenvalue weighted by atomic mass is 10.1. The van der Waals surface area contributed by atoms with Gasteiger partial charge in [0.25, 0.3) is 5.91 Å². The van der Waals surface area contributed by atoms with Crippen molar-refractivity contribution in [3.05, 3.63) is 65.2 Å². The number of morpholine rings is 1. The van der Waals surface area contributed by atoms with Crippen LogP contribution in [0.4, 0.5) is 5.69 Å². The smallest absolute Gasteiger partial charge is 0.251 e. The van der Waals surface area contributed by atoms with Crippen LogP contribution < -0.4 is 11.1 Å². The number of nitrogens with two attached hydrogens (primary N) is 1. The van der Waals surface area contributed by atoms with E-state index in [-0.39, 0.29) is 36.8 Å². The Morgan fingerprint density at radius 3 is 2.67 bits per heavy atom. The summed E-state index contributed by atoms with van der Waals surface area (Å²) >= 11 is 0. The van der Waals surface area contributed by atoms with E-state index in [0.717, 1.165) is 31.8 Å². The van der Waals surface area contributed by atoms with Gasteiger partial charge in [-0.05, 0) is 36.2 Å². The normalized spacial score (nSPS) is 16.7. The minimum Gasteiger partial charge on any atom is -0.399 e. The maximum atomic E-state index is 12.2. The molecule has 2 aromatic carbocycles. The van der Waals surface area contributed by atoms with E-state index >= 15 is 0 Å². The molecule has 1 atom stereocenters. The summed E-state index contributed by atoms with van der Waals surface area (Å²) in [6, 6.07) is 15.4. The van der Waals surface area contributed by atoms with Gasteiger partial charge in [-0.15, -0.1) is 24.8 Å². The first-order valence-electron chi connectivity index (χ1n) is 8.65. The Labute approximate surface area is 173 Å². The molecule has 3 N–H and O–H groups in total. The summed E-state index contributed by atoms with van der Waals surface area (Å²) in [5.74, 6) is -0.111. The second-order valence-electron chi connectivity index (χ2n) is 6.54. The largest absolute Gasteiger partial charge is 0.399 e. The van der Waals surface area contributed by atoms with Crippen LogP contribution in [0.15, 0.2) is 48.5 Å². The molecule has 1 amide bonds. The zero-order chi connectivity index (χ0) is 17.6. The maximum Gasteiger partial charge on any atom is 0.251 e. The molecule has 0 saturated carbocycles. The van der Waals surface area contributed by atoms with Crippen LogP contribution in [0.25, 0.3) is 0 Å². The van der Waals surface area contributed by atoms with Crippen molar-refractivity contribution in [3.63, 3.8) is 0 Å². The second-order valence-corrected chi connectivity index (χ2v) is 6.54. The van der Waals surface area contributed by atoms with Crippen LogP contribution in [0.3, 0.4) is 0 Å². The fraction of sp³-hybridized carbons (Fsp3) is 0.350. The van der Waals surface area contributed by atoms with E-state index in [4.69, 9.17) is 10.5 Å². The second kappa shape index (κ2) is 11.1. The van der Waals surface area contributed by atoms with E-state index < -0.39 is 0 Å². The number of nitrogen functional groups attached to an aromatic ring is 1. The molecule has 1 fully saturated rings. The van der Waals surface area contributed by atoms with Crippen LogP contribution >= 0.6 is 24.8 Å². The predicted molar refractivity (Wildman–Crippen MR) is 114 cm³/mol. The van der Waals surface area contributed by atoms with E-state index in [1.165, 1.54) is 5.56 Å². The van der Waals surface area contributed by atoms with E-state index in [0.29, 0.717) is 17.8 Å². The number of hydrogen-bond acceptors (Lipinski definition) is 4. The minimum absolute atomic E-state index is 0. The van der Waals surface area contributed by atoms with E-state index in [9.17, 15) is 4.79 Å². The zero-order valence-corrected chi connectivity index (χ0v) is 17.0. The lowest BCUT2D eigenvalue weighted by Gasteiger charge is -2.31. The van der Waals surface area contributed by atoms with Crippen molar-refractivity contribution in [2.45, 2.75) is 26.1 Å². The van der Waals surface area contributed by atoms with Gasteiger partial charge < -0.3 is 15.8 Å². The van der Waals surface area contributed by atoms with Crippen molar-refractivity contribution in [2.75, 3.05) is 25.4 Å². The van der Waals surface area contributed by atoms with Gasteiger partial charge in [0, 0.05) is 37.4 Å². The van der Waals surface area contributed by atoms with Gasteiger partial charge in [-0.2, -0.15) is 0 Å². The first kappa shape index (κ1) is 23.2. The number of nitrogens with one attached hydrogen (secondary N) is 1. The molecule has 27 heavy (non-hydrogen) atoms. The van der Waals surface area contributed by atoms with Crippen LogP contribution in [0.5, 0.6) is 0 Å². The third kappa shape index (κ3) is 7.03. The molecule has 0 bridgehead atoms. The molecular weight excluding hydrogens is 385 g/mol. The number of anilines is 1. The van der Waals surface area contributed by atoms with Crippen molar-refractivity contribution in [1.29, 1.82) is 0 Å². The predicted octanol–water partition coefficient (Wildman–Crippen LogP) is 3.26. The maximum absolute atomic E-state index is 12.2. The molecule has 1 aliphatic heterocycles. The molecule has 0 aliphatic carbocycles. The summed E-state index contributed by atoms with van der Waals surface area (Å²) in [6.07, 6.45) is 0.287. The lowest BCUT2D eigenvalue weighted by Crippen LogP contribution is -2.40. The molecule has 7 heteroatoms. The summed E-state index contributed by atoms with van der Waals surface area (Å²) in [4.78, 5) is 14.6. The number of carbonyl (C=O) groups is 1. The first-order valence-corrected chi connectivity index (χ1v) is 8.65. The Balaban J connectivity index is 0.00000182. The molecular formula is C20H27Cl2N3O2. The van der Waals surface area contributed by atoms with Crippen molar-refractivity contribution in [2.24, 2.45) is 0 Å². The minimum atomic E-state index is -0.111. The highest BCUT2D eigenvalue weighted by Crippen LogP contribution is 2.12. The molecule has 1 unspecified atom stereocenters. The Morgan fingerprint density at radius 2 is 1.93 bits per heavy atom. The summed E-state index contributed by atoms with van der Waals surface area (Å²) < 4.78 is 5.59. The van der Waals surface area contributed by atoms with Crippen LogP contribution in [0.2, 0.25) is 0 Å². The fourth-order valence-electron chi connectivity index (χ4n) is 3.09. The molecule has 1 saturated heterocycles. The van der Waals surface area contributed by atoms with Gasteiger partial charge in [-0.25, -0.2) is 0 Å². The third-order valence-electron chi connectivity index (χ3n) is 4.32. The highest BCUT2D eigenvalue weighted by molar-refractivity contribution is 5.94. The van der Waals surface area contributed by atoms with E-state index in [2.05, 4.69) is 29.3 Å². The molecule has 0 radical (unpaired) electrons. The highest BCUT2D eigenvalue weighted by atomic mass is 35.5. The van der Waals surface area contributed by atoms with Gasteiger partial charge in [0.05, 0.1) is 12.7 Å². The van der Waals surface area contributed by atoms with Gasteiger partial charge >= 0.3 is 0 Å². The molecule has 0 spiro atoms. The SMILES string of the molecule is CC1CN(Cc2cccc(CNC(=O)c3cccc(N)c3)c2)CCO1.Cl.Cl. The highest BCUT2D eigenvalue weighted by Gasteiger charge is 2.16. The molecule has 2 aromatic rings. The zero-order valence-electron chi connectivity index (χ0n) is 15.4. The van der Waals surface area contributed by atoms with Gasteiger partial charge in [-0.1, -0.05) is 30.3 Å². The number of nitrogens with zero attached hydrogens (tertiary/aromatic N) is 1. The van der Waals surface area contributed by atoms with Crippen LogP contribution in [0, 0.1) is 0 Å². The van der Waals surface area contributed by atoms with Crippen molar-refractivity contribution < 1.29 is 9.53 Å². The van der Waals surface area contributed by atoms with Crippen LogP contribution in [0.1, 0.15) is 28.4 Å². The molecule has 1 aliphatic rings. The van der Waals surface area contributed by atoms with Crippen molar-refractivity contribution in [3.8, 4) is 0 Å². The Bertz CT molecular complexity index is 743. The third-order valence-corrected chi connectivity index (χ3v) is 4.32. The van der Waals surface area contributed by atoms with Crippen molar-refractivity contribution in [1.82, 2.24) is 10.2 Å². The van der Waals surface area contributed by atoms with Gasteiger partial charge in [0.1, 0.15) is 0 Å². The number of amides is 1. The van der Waals surface area contributed by atoms with Gasteiger partial charge in [-0.3, -0.25) is 9.69 Å². The number of benzene rings is 2.